The normalized spacial score (nSPS) is 18.6. The molecule has 2 saturated heterocycles. The van der Waals surface area contributed by atoms with Crippen LogP contribution in [0.3, 0.4) is 0 Å². The minimum Gasteiger partial charge on any atom is -0.339 e. The van der Waals surface area contributed by atoms with E-state index in [9.17, 15) is 4.79 Å². The summed E-state index contributed by atoms with van der Waals surface area (Å²) < 4.78 is 3.27. The summed E-state index contributed by atoms with van der Waals surface area (Å²) in [7, 11) is 3.59. The minimum atomic E-state index is -0.0481. The fourth-order valence-electron chi connectivity index (χ4n) is 4.03. The fourth-order valence-corrected chi connectivity index (χ4v) is 4.03. The molecule has 5 rings (SSSR count). The van der Waals surface area contributed by atoms with Crippen molar-refractivity contribution in [3.8, 4) is 0 Å². The second-order valence-electron chi connectivity index (χ2n) is 7.45. The second kappa shape index (κ2) is 6.55. The van der Waals surface area contributed by atoms with Crippen molar-refractivity contribution < 1.29 is 0 Å². The number of aryl methyl sites for hydroxylation is 1. The molecule has 0 spiro atoms. The lowest BCUT2D eigenvalue weighted by Crippen LogP contribution is -2.64. The van der Waals surface area contributed by atoms with Crippen molar-refractivity contribution in [3.63, 3.8) is 0 Å². The van der Waals surface area contributed by atoms with Crippen LogP contribution in [0.2, 0.25) is 0 Å². The van der Waals surface area contributed by atoms with Gasteiger partial charge in [-0.25, -0.2) is 9.97 Å². The van der Waals surface area contributed by atoms with Gasteiger partial charge >= 0.3 is 0 Å². The molecule has 10 heteroatoms. The van der Waals surface area contributed by atoms with Crippen LogP contribution in [0, 0.1) is 0 Å². The van der Waals surface area contributed by atoms with Gasteiger partial charge in [-0.3, -0.25) is 18.9 Å². The van der Waals surface area contributed by atoms with Gasteiger partial charge in [0.15, 0.2) is 5.65 Å². The molecule has 2 aliphatic heterocycles. The van der Waals surface area contributed by atoms with Crippen LogP contribution in [-0.2, 0) is 14.1 Å². The standard InChI is InChI=1S/C18H23N9O/c1-23-12-14-15(22-23)21-18(24(2)16(14)28)27-10-13(11-27)25-6-8-26(9-7-25)17-19-4-3-5-20-17/h3-5,12-13H,6-11H2,1-2H3. The van der Waals surface area contributed by atoms with Gasteiger partial charge in [0.1, 0.15) is 5.39 Å². The highest BCUT2D eigenvalue weighted by molar-refractivity contribution is 5.74. The van der Waals surface area contributed by atoms with Gasteiger partial charge in [-0.1, -0.05) is 0 Å². The molecule has 0 amide bonds. The quantitative estimate of drug-likeness (QED) is 0.598. The molecular formula is C18H23N9O. The zero-order valence-corrected chi connectivity index (χ0v) is 16.1. The zero-order chi connectivity index (χ0) is 19.3. The summed E-state index contributed by atoms with van der Waals surface area (Å²) in [6.45, 7) is 5.58. The Balaban J connectivity index is 1.24. The summed E-state index contributed by atoms with van der Waals surface area (Å²) in [6.07, 6.45) is 5.30. The molecule has 0 N–H and O–H groups in total. The van der Waals surface area contributed by atoms with E-state index >= 15 is 0 Å². The minimum absolute atomic E-state index is 0.0481. The topological polar surface area (TPSA) is 88.2 Å². The molecule has 0 atom stereocenters. The van der Waals surface area contributed by atoms with E-state index in [1.54, 1.807) is 41.9 Å². The van der Waals surface area contributed by atoms with E-state index in [0.717, 1.165) is 45.2 Å². The number of fused-ring (bicyclic) bond motifs is 1. The Morgan fingerprint density at radius 1 is 1.00 bits per heavy atom. The predicted molar refractivity (Wildman–Crippen MR) is 106 cm³/mol. The van der Waals surface area contributed by atoms with Gasteiger partial charge in [0.05, 0.1) is 0 Å². The van der Waals surface area contributed by atoms with E-state index < -0.39 is 0 Å². The van der Waals surface area contributed by atoms with E-state index in [1.807, 2.05) is 6.07 Å². The maximum Gasteiger partial charge on any atom is 0.265 e. The van der Waals surface area contributed by atoms with Crippen molar-refractivity contribution in [3.05, 3.63) is 35.0 Å². The van der Waals surface area contributed by atoms with Crippen molar-refractivity contribution >= 4 is 22.9 Å². The van der Waals surface area contributed by atoms with Crippen molar-refractivity contribution in [2.75, 3.05) is 49.1 Å². The summed E-state index contributed by atoms with van der Waals surface area (Å²) in [4.78, 5) is 32.8. The van der Waals surface area contributed by atoms with Crippen LogP contribution >= 0.6 is 0 Å². The summed E-state index contributed by atoms with van der Waals surface area (Å²) >= 11 is 0. The zero-order valence-electron chi connectivity index (χ0n) is 16.1. The number of piperazine rings is 1. The van der Waals surface area contributed by atoms with Crippen molar-refractivity contribution in [2.24, 2.45) is 14.1 Å². The van der Waals surface area contributed by atoms with Crippen molar-refractivity contribution in [1.82, 2.24) is 34.2 Å². The van der Waals surface area contributed by atoms with Crippen LogP contribution in [0.15, 0.2) is 29.5 Å². The highest BCUT2D eigenvalue weighted by atomic mass is 16.1. The molecule has 3 aromatic rings. The lowest BCUT2D eigenvalue weighted by Gasteiger charge is -2.48. The van der Waals surface area contributed by atoms with Gasteiger partial charge in [0, 0.05) is 78.0 Å². The average Bonchev–Trinajstić information content (AvgIpc) is 3.06. The van der Waals surface area contributed by atoms with Crippen LogP contribution in [0.5, 0.6) is 0 Å². The smallest absolute Gasteiger partial charge is 0.265 e. The van der Waals surface area contributed by atoms with Crippen LogP contribution in [0.25, 0.3) is 11.0 Å². The van der Waals surface area contributed by atoms with Crippen molar-refractivity contribution in [1.29, 1.82) is 0 Å². The Labute approximate surface area is 162 Å². The Kier molecular flexibility index (Phi) is 4.00. The highest BCUT2D eigenvalue weighted by Crippen LogP contribution is 2.23. The summed E-state index contributed by atoms with van der Waals surface area (Å²) in [5.41, 5.74) is 0.466. The first-order valence-electron chi connectivity index (χ1n) is 9.51. The molecule has 0 aliphatic carbocycles. The van der Waals surface area contributed by atoms with Crippen LogP contribution in [0.4, 0.5) is 11.9 Å². The number of nitrogens with zero attached hydrogens (tertiary/aromatic N) is 9. The Morgan fingerprint density at radius 3 is 2.43 bits per heavy atom. The van der Waals surface area contributed by atoms with E-state index in [1.165, 1.54) is 0 Å². The summed E-state index contributed by atoms with van der Waals surface area (Å²) in [5, 5.41) is 4.86. The monoisotopic (exact) mass is 381 g/mol. The number of hydrogen-bond donors (Lipinski definition) is 0. The lowest BCUT2D eigenvalue weighted by molar-refractivity contribution is 0.155. The molecule has 0 saturated carbocycles. The summed E-state index contributed by atoms with van der Waals surface area (Å²) in [5.74, 6) is 1.50. The third kappa shape index (κ3) is 2.80. The van der Waals surface area contributed by atoms with Crippen LogP contribution < -0.4 is 15.4 Å². The summed E-state index contributed by atoms with van der Waals surface area (Å²) in [6, 6.07) is 2.32. The van der Waals surface area contributed by atoms with E-state index in [2.05, 4.69) is 34.8 Å². The number of aromatic nitrogens is 6. The molecule has 10 nitrogen and oxygen atoms in total. The average molecular weight is 381 g/mol. The largest absolute Gasteiger partial charge is 0.339 e. The van der Waals surface area contributed by atoms with E-state index in [4.69, 9.17) is 0 Å². The molecular weight excluding hydrogens is 358 g/mol. The molecule has 146 valence electrons. The van der Waals surface area contributed by atoms with Gasteiger partial charge in [-0.2, -0.15) is 10.1 Å². The van der Waals surface area contributed by atoms with Crippen LogP contribution in [0.1, 0.15) is 0 Å². The third-order valence-corrected chi connectivity index (χ3v) is 5.66. The molecule has 0 aromatic carbocycles. The van der Waals surface area contributed by atoms with E-state index in [-0.39, 0.29) is 5.56 Å². The Bertz CT molecular complexity index is 1050. The van der Waals surface area contributed by atoms with Gasteiger partial charge in [0.25, 0.3) is 5.56 Å². The highest BCUT2D eigenvalue weighted by Gasteiger charge is 2.36. The molecule has 2 aliphatic rings. The Hall–Kier alpha value is -3.01. The van der Waals surface area contributed by atoms with Gasteiger partial charge in [-0.15, -0.1) is 0 Å². The molecule has 3 aromatic heterocycles. The number of anilines is 2. The number of hydrogen-bond acceptors (Lipinski definition) is 8. The molecule has 0 unspecified atom stereocenters. The lowest BCUT2D eigenvalue weighted by atomic mass is 10.1. The maximum absolute atomic E-state index is 12.6. The Morgan fingerprint density at radius 2 is 1.71 bits per heavy atom. The second-order valence-corrected chi connectivity index (χ2v) is 7.45. The first kappa shape index (κ1) is 17.1. The van der Waals surface area contributed by atoms with E-state index in [0.29, 0.717) is 23.0 Å². The molecule has 28 heavy (non-hydrogen) atoms. The van der Waals surface area contributed by atoms with Crippen LogP contribution in [-0.4, -0.2) is 79.5 Å². The SMILES string of the molecule is Cn1cc2c(=O)n(C)c(N3CC(N4CCN(c5ncccn5)CC4)C3)nc2n1. The molecule has 2 fully saturated rings. The van der Waals surface area contributed by atoms with Gasteiger partial charge in [0.2, 0.25) is 11.9 Å². The number of rotatable bonds is 3. The van der Waals surface area contributed by atoms with Gasteiger partial charge < -0.3 is 9.80 Å². The third-order valence-electron chi connectivity index (χ3n) is 5.66. The van der Waals surface area contributed by atoms with Crippen molar-refractivity contribution in [2.45, 2.75) is 6.04 Å². The first-order chi connectivity index (χ1) is 13.6. The molecule has 5 heterocycles. The predicted octanol–water partition coefficient (Wildman–Crippen LogP) is -0.532. The first-order valence-corrected chi connectivity index (χ1v) is 9.51. The van der Waals surface area contributed by atoms with Gasteiger partial charge in [-0.05, 0) is 6.07 Å². The maximum atomic E-state index is 12.6. The fraction of sp³-hybridized carbons (Fsp3) is 0.500. The molecule has 0 bridgehead atoms. The molecule has 0 radical (unpaired) electrons.